The highest BCUT2D eigenvalue weighted by Crippen LogP contribution is 2.22. The number of fused-ring (bicyclic) bond motifs is 1. The topological polar surface area (TPSA) is 209 Å². The summed E-state index contributed by atoms with van der Waals surface area (Å²) >= 11 is 2.07. The summed E-state index contributed by atoms with van der Waals surface area (Å²) in [4.78, 5) is 23.5. The van der Waals surface area contributed by atoms with Crippen molar-refractivity contribution in [3.63, 3.8) is 0 Å². The Kier molecular flexibility index (Phi) is 14.1. The third kappa shape index (κ3) is 11.6. The van der Waals surface area contributed by atoms with Crippen LogP contribution in [0.15, 0.2) is 164 Å². The lowest BCUT2D eigenvalue weighted by molar-refractivity contribution is -0.112. The normalized spacial score (nSPS) is 11.3. The molecule has 0 saturated carbocycles. The molecule has 56 heavy (non-hydrogen) atoms. The zero-order chi connectivity index (χ0) is 40.1. The number of pyridine rings is 1. The molecule has 0 unspecified atom stereocenters. The number of carbonyl (C=O) groups is 1. The number of nitrogens with zero attached hydrogens (tertiary/aromatic N) is 3. The Morgan fingerprint density at radius 1 is 0.750 bits per heavy atom. The number of allylic oxidation sites excluding steroid dienone is 1. The van der Waals surface area contributed by atoms with E-state index >= 15 is 0 Å². The number of hydrogen-bond donors (Lipinski definition) is 3. The lowest BCUT2D eigenvalue weighted by Crippen LogP contribution is -2.20. The van der Waals surface area contributed by atoms with Gasteiger partial charge in [0.25, 0.3) is 25.6 Å². The molecule has 4 aromatic carbocycles. The predicted molar refractivity (Wildman–Crippen MR) is 222 cm³/mol. The van der Waals surface area contributed by atoms with Crippen LogP contribution in [-0.4, -0.2) is 37.5 Å². The predicted octanol–water partition coefficient (Wildman–Crippen LogP) is 6.67. The molecule has 0 fully saturated rings. The Bertz CT molecular complexity index is 2690. The van der Waals surface area contributed by atoms with Crippen molar-refractivity contribution in [3.8, 4) is 0 Å². The van der Waals surface area contributed by atoms with Gasteiger partial charge in [0.15, 0.2) is 17.4 Å². The van der Waals surface area contributed by atoms with Gasteiger partial charge in [-0.15, -0.1) is 0 Å². The van der Waals surface area contributed by atoms with Crippen LogP contribution in [0, 0.1) is 3.57 Å². The van der Waals surface area contributed by atoms with E-state index in [-0.39, 0.29) is 32.8 Å². The number of benzene rings is 4. The summed E-state index contributed by atoms with van der Waals surface area (Å²) in [5, 5.41) is 7.70. The SMILES string of the molecule is CC(=O)/C=C/c1cc(S(=O)(=O)Nc2ccon2)ccc1I.NCc1ccccc1.O=c1ccc2cc(S(=O)(=O)Nc3ccon3)ccc2n1Cc1ccccc1. The lowest BCUT2D eigenvalue weighted by Gasteiger charge is -2.12. The highest BCUT2D eigenvalue weighted by Gasteiger charge is 2.18. The number of anilines is 2. The average Bonchev–Trinajstić information content (AvgIpc) is 3.91. The van der Waals surface area contributed by atoms with Crippen molar-refractivity contribution < 1.29 is 30.7 Å². The van der Waals surface area contributed by atoms with Crippen molar-refractivity contribution in [2.75, 3.05) is 9.44 Å². The van der Waals surface area contributed by atoms with Crippen LogP contribution in [0.2, 0.25) is 0 Å². The minimum Gasteiger partial charge on any atom is -0.363 e. The van der Waals surface area contributed by atoms with Gasteiger partial charge in [0, 0.05) is 28.3 Å². The third-order valence-electron chi connectivity index (χ3n) is 7.66. The Balaban J connectivity index is 0.000000183. The van der Waals surface area contributed by atoms with Crippen molar-refractivity contribution in [1.82, 2.24) is 14.9 Å². The van der Waals surface area contributed by atoms with E-state index in [0.717, 1.165) is 9.13 Å². The summed E-state index contributed by atoms with van der Waals surface area (Å²) in [6.07, 6.45) is 5.52. The molecule has 0 atom stereocenters. The van der Waals surface area contributed by atoms with Crippen molar-refractivity contribution in [2.24, 2.45) is 5.73 Å². The minimum atomic E-state index is -3.82. The van der Waals surface area contributed by atoms with Gasteiger partial charge in [0.1, 0.15) is 12.5 Å². The summed E-state index contributed by atoms with van der Waals surface area (Å²) in [5.41, 5.74) is 8.68. The molecule has 0 amide bonds. The minimum absolute atomic E-state index is 0.0721. The molecule has 288 valence electrons. The van der Waals surface area contributed by atoms with Gasteiger partial charge in [0.2, 0.25) is 0 Å². The molecule has 0 aliphatic rings. The van der Waals surface area contributed by atoms with Gasteiger partial charge in [-0.2, -0.15) is 0 Å². The summed E-state index contributed by atoms with van der Waals surface area (Å²) in [6, 6.07) is 34.7. The number of hydrogen-bond acceptors (Lipinski definition) is 11. The van der Waals surface area contributed by atoms with Gasteiger partial charge >= 0.3 is 0 Å². The molecule has 17 heteroatoms. The number of nitrogens with one attached hydrogen (secondary N) is 2. The maximum Gasteiger partial charge on any atom is 0.263 e. The van der Waals surface area contributed by atoms with Gasteiger partial charge < -0.3 is 19.3 Å². The number of carbonyl (C=O) groups excluding carboxylic acids is 1. The van der Waals surface area contributed by atoms with Crippen molar-refractivity contribution in [2.45, 2.75) is 29.8 Å². The van der Waals surface area contributed by atoms with Crippen LogP contribution in [0.5, 0.6) is 0 Å². The first kappa shape index (κ1) is 41.3. The van der Waals surface area contributed by atoms with Crippen molar-refractivity contribution in [3.05, 3.63) is 171 Å². The molecule has 4 N–H and O–H groups in total. The van der Waals surface area contributed by atoms with Gasteiger partial charge in [-0.05, 0) is 100 Å². The molecule has 7 aromatic rings. The fraction of sp³-hybridized carbons (Fsp3) is 0.0769. The quantitative estimate of drug-likeness (QED) is 0.0923. The van der Waals surface area contributed by atoms with E-state index in [9.17, 15) is 26.4 Å². The van der Waals surface area contributed by atoms with E-state index in [1.54, 1.807) is 28.8 Å². The molecule has 0 aliphatic carbocycles. The Hall–Kier alpha value is -5.89. The van der Waals surface area contributed by atoms with Crippen LogP contribution >= 0.6 is 22.6 Å². The zero-order valence-corrected chi connectivity index (χ0v) is 33.4. The van der Waals surface area contributed by atoms with Gasteiger partial charge in [0.05, 0.1) is 21.9 Å². The number of nitrogens with two attached hydrogens (primary N) is 1. The smallest absolute Gasteiger partial charge is 0.263 e. The lowest BCUT2D eigenvalue weighted by atomic mass is 10.2. The van der Waals surface area contributed by atoms with E-state index < -0.39 is 20.0 Å². The first-order chi connectivity index (χ1) is 26.8. The molecule has 0 radical (unpaired) electrons. The average molecular weight is 907 g/mol. The summed E-state index contributed by atoms with van der Waals surface area (Å²) in [6.45, 7) is 2.47. The largest absolute Gasteiger partial charge is 0.363 e. The van der Waals surface area contributed by atoms with Crippen LogP contribution in [0.3, 0.4) is 0 Å². The van der Waals surface area contributed by atoms with Crippen molar-refractivity contribution in [1.29, 1.82) is 0 Å². The monoisotopic (exact) mass is 906 g/mol. The number of halogens is 1. The molecule has 3 heterocycles. The summed E-state index contributed by atoms with van der Waals surface area (Å²) in [5.74, 6) is 0.0957. The number of rotatable bonds is 11. The Morgan fingerprint density at radius 3 is 1.82 bits per heavy atom. The second kappa shape index (κ2) is 19.1. The Morgan fingerprint density at radius 2 is 1.30 bits per heavy atom. The molecular weight excluding hydrogens is 872 g/mol. The highest BCUT2D eigenvalue weighted by atomic mass is 127. The van der Waals surface area contributed by atoms with Crippen LogP contribution < -0.4 is 20.7 Å². The molecule has 0 bridgehead atoms. The van der Waals surface area contributed by atoms with Gasteiger partial charge in [-0.25, -0.2) is 16.8 Å². The van der Waals surface area contributed by atoms with Crippen molar-refractivity contribution >= 4 is 77.0 Å². The van der Waals surface area contributed by atoms with E-state index in [1.807, 2.05) is 60.7 Å². The maximum atomic E-state index is 12.5. The third-order valence-corrected chi connectivity index (χ3v) is 11.3. The fourth-order valence-corrected chi connectivity index (χ4v) is 7.51. The maximum absolute atomic E-state index is 12.5. The molecule has 0 saturated heterocycles. The summed E-state index contributed by atoms with van der Waals surface area (Å²) < 4.78 is 65.8. The van der Waals surface area contributed by atoms with Crippen LogP contribution in [-0.2, 0) is 37.9 Å². The van der Waals surface area contributed by atoms with E-state index in [0.29, 0.717) is 29.6 Å². The van der Waals surface area contributed by atoms with E-state index in [2.05, 4.69) is 51.4 Å². The second-order valence-corrected chi connectivity index (χ2v) is 16.3. The van der Waals surface area contributed by atoms with E-state index in [1.165, 1.54) is 73.6 Å². The summed E-state index contributed by atoms with van der Waals surface area (Å²) in [7, 11) is -7.57. The molecule has 14 nitrogen and oxygen atoms in total. The first-order valence-corrected chi connectivity index (χ1v) is 20.7. The highest BCUT2D eigenvalue weighted by molar-refractivity contribution is 14.1. The number of ketones is 1. The molecule has 0 spiro atoms. The van der Waals surface area contributed by atoms with E-state index in [4.69, 9.17) is 5.73 Å². The molecular formula is C39H35IN6O8S2. The Labute approximate surface area is 336 Å². The molecule has 7 rings (SSSR count). The molecule has 3 aromatic heterocycles. The fourth-order valence-electron chi connectivity index (χ4n) is 4.94. The van der Waals surface area contributed by atoms with Crippen LogP contribution in [0.4, 0.5) is 11.6 Å². The van der Waals surface area contributed by atoms with Gasteiger partial charge in [-0.1, -0.05) is 77.1 Å². The number of aromatic nitrogens is 3. The second-order valence-electron chi connectivity index (χ2n) is 11.8. The standard InChI is InChI=1S/C19H15N3O4S.C13H11IN2O4S.C7H9N/c23-19-9-6-15-12-16(27(24,25)21-18-10-11-26-20-18)7-8-17(15)22(19)13-14-4-2-1-3-5-14;1-9(17)2-3-10-8-11(4-5-12(10)14)21(18,19)16-13-6-7-20-15-13;8-6-7-4-2-1-3-5-7/h1-12H,13H2,(H,20,21);2-8H,1H3,(H,15,16);1-5H,6,8H2/b;3-2+;. The van der Waals surface area contributed by atoms with Gasteiger partial charge in [-0.3, -0.25) is 19.0 Å². The molecule has 0 aliphatic heterocycles. The first-order valence-electron chi connectivity index (χ1n) is 16.6. The zero-order valence-electron chi connectivity index (χ0n) is 29.7. The number of sulfonamides is 2. The van der Waals surface area contributed by atoms with Crippen LogP contribution in [0.25, 0.3) is 17.0 Å². The van der Waals surface area contributed by atoms with Crippen LogP contribution in [0.1, 0.15) is 23.6 Å².